The highest BCUT2D eigenvalue weighted by Gasteiger charge is 2.02. The molecule has 0 saturated carbocycles. The maximum atomic E-state index is 5.71. The van der Waals surface area contributed by atoms with E-state index < -0.39 is 0 Å². The highest BCUT2D eigenvalue weighted by molar-refractivity contribution is 14.0. The first kappa shape index (κ1) is 23.7. The highest BCUT2D eigenvalue weighted by atomic mass is 127. The van der Waals surface area contributed by atoms with Gasteiger partial charge in [0.15, 0.2) is 5.96 Å². The molecule has 0 amide bonds. The Hall–Kier alpha value is -2.55. The maximum Gasteiger partial charge on any atom is 0.191 e. The van der Waals surface area contributed by atoms with Crippen LogP contribution in [0.5, 0.6) is 5.75 Å². The summed E-state index contributed by atoms with van der Waals surface area (Å²) in [4.78, 5) is 8.58. The minimum absolute atomic E-state index is 0. The number of hydrogen-bond donors (Lipinski definition) is 2. The molecule has 0 aliphatic rings. The summed E-state index contributed by atoms with van der Waals surface area (Å²) < 4.78 is 7.85. The number of para-hydroxylation sites is 1. The second-order valence-corrected chi connectivity index (χ2v) is 6.79. The van der Waals surface area contributed by atoms with Gasteiger partial charge in [0.05, 0.1) is 6.61 Å². The highest BCUT2D eigenvalue weighted by Crippen LogP contribution is 2.09. The Kier molecular flexibility index (Phi) is 10.2. The van der Waals surface area contributed by atoms with E-state index in [1.807, 2.05) is 49.6 Å². The molecule has 1 aromatic heterocycles. The second kappa shape index (κ2) is 12.9. The molecule has 7 heteroatoms. The summed E-state index contributed by atoms with van der Waals surface area (Å²) in [5.41, 5.74) is 2.47. The van der Waals surface area contributed by atoms with E-state index in [1.54, 1.807) is 7.05 Å². The molecule has 0 spiro atoms. The lowest BCUT2D eigenvalue weighted by molar-refractivity contribution is 0.311. The zero-order chi connectivity index (χ0) is 20.3. The lowest BCUT2D eigenvalue weighted by Gasteiger charge is -2.13. The Labute approximate surface area is 195 Å². The van der Waals surface area contributed by atoms with Crippen molar-refractivity contribution in [1.82, 2.24) is 20.2 Å². The van der Waals surface area contributed by atoms with Crippen molar-refractivity contribution in [3.8, 4) is 5.75 Å². The van der Waals surface area contributed by atoms with Crippen molar-refractivity contribution in [3.63, 3.8) is 0 Å². The van der Waals surface area contributed by atoms with Crippen LogP contribution in [0.4, 0.5) is 0 Å². The molecule has 0 atom stereocenters. The Morgan fingerprint density at radius 1 is 1.07 bits per heavy atom. The molecule has 0 fully saturated rings. The van der Waals surface area contributed by atoms with Gasteiger partial charge in [-0.25, -0.2) is 4.98 Å². The van der Waals surface area contributed by atoms with Gasteiger partial charge in [0.25, 0.3) is 0 Å². The minimum Gasteiger partial charge on any atom is -0.494 e. The first-order valence-corrected chi connectivity index (χ1v) is 9.92. The fourth-order valence-electron chi connectivity index (χ4n) is 3.00. The number of nitrogens with zero attached hydrogens (tertiary/aromatic N) is 3. The summed E-state index contributed by atoms with van der Waals surface area (Å²) in [5.74, 6) is 2.72. The second-order valence-electron chi connectivity index (χ2n) is 6.79. The molecular weight excluding hydrogens is 489 g/mol. The summed E-state index contributed by atoms with van der Waals surface area (Å²) in [6.45, 7) is 5.03. The molecule has 0 radical (unpaired) electrons. The molecule has 0 bridgehead atoms. The predicted molar refractivity (Wildman–Crippen MR) is 133 cm³/mol. The number of aliphatic imine (C=N–C) groups is 1. The van der Waals surface area contributed by atoms with Crippen molar-refractivity contribution in [1.29, 1.82) is 0 Å². The van der Waals surface area contributed by atoms with Crippen molar-refractivity contribution in [3.05, 3.63) is 83.9 Å². The fourth-order valence-corrected chi connectivity index (χ4v) is 3.00. The van der Waals surface area contributed by atoms with E-state index in [0.29, 0.717) is 6.61 Å². The largest absolute Gasteiger partial charge is 0.494 e. The van der Waals surface area contributed by atoms with Crippen molar-refractivity contribution < 1.29 is 4.74 Å². The van der Waals surface area contributed by atoms with Gasteiger partial charge in [-0.3, -0.25) is 4.99 Å². The van der Waals surface area contributed by atoms with Crippen LogP contribution in [0.15, 0.2) is 72.0 Å². The van der Waals surface area contributed by atoms with E-state index in [2.05, 4.69) is 49.4 Å². The summed E-state index contributed by atoms with van der Waals surface area (Å²) in [6, 6.07) is 18.4. The third kappa shape index (κ3) is 7.70. The third-order valence-electron chi connectivity index (χ3n) is 4.58. The Morgan fingerprint density at radius 3 is 2.60 bits per heavy atom. The Balaban J connectivity index is 0.00000320. The van der Waals surface area contributed by atoms with Crippen LogP contribution in [-0.2, 0) is 13.1 Å². The van der Waals surface area contributed by atoms with E-state index >= 15 is 0 Å². The topological polar surface area (TPSA) is 63.5 Å². The van der Waals surface area contributed by atoms with Gasteiger partial charge < -0.3 is 19.9 Å². The molecule has 0 saturated heterocycles. The Bertz CT molecular complexity index is 911. The summed E-state index contributed by atoms with van der Waals surface area (Å²) >= 11 is 0. The van der Waals surface area contributed by atoms with E-state index in [1.165, 1.54) is 11.1 Å². The van der Waals surface area contributed by atoms with E-state index in [4.69, 9.17) is 4.74 Å². The molecule has 0 aliphatic heterocycles. The SMILES string of the molecule is CN=C(NCCCOc1ccccc1)NCc1cccc(Cn2ccnc2C)c1.I. The smallest absolute Gasteiger partial charge is 0.191 e. The van der Waals surface area contributed by atoms with Crippen LogP contribution < -0.4 is 15.4 Å². The van der Waals surface area contributed by atoms with Crippen molar-refractivity contribution in [2.75, 3.05) is 20.2 Å². The number of aryl methyl sites for hydroxylation is 1. The van der Waals surface area contributed by atoms with Gasteiger partial charge in [-0.1, -0.05) is 42.5 Å². The number of hydrogen-bond acceptors (Lipinski definition) is 3. The van der Waals surface area contributed by atoms with Gasteiger partial charge in [-0.15, -0.1) is 24.0 Å². The lowest BCUT2D eigenvalue weighted by atomic mass is 10.1. The number of halogens is 1. The maximum absolute atomic E-state index is 5.71. The van der Waals surface area contributed by atoms with Crippen molar-refractivity contribution in [2.45, 2.75) is 26.4 Å². The molecule has 0 unspecified atom stereocenters. The molecule has 160 valence electrons. The van der Waals surface area contributed by atoms with E-state index in [0.717, 1.165) is 43.6 Å². The minimum atomic E-state index is 0. The average Bonchev–Trinajstić information content (AvgIpc) is 3.15. The van der Waals surface area contributed by atoms with Gasteiger partial charge in [-0.2, -0.15) is 0 Å². The molecule has 2 aromatic carbocycles. The average molecular weight is 519 g/mol. The molecular formula is C23H30IN5O. The van der Waals surface area contributed by atoms with Crippen LogP contribution in [0.25, 0.3) is 0 Å². The summed E-state index contributed by atoms with van der Waals surface area (Å²) in [6.07, 6.45) is 4.74. The van der Waals surface area contributed by atoms with Gasteiger partial charge >= 0.3 is 0 Å². The number of benzene rings is 2. The molecule has 3 aromatic rings. The zero-order valence-electron chi connectivity index (χ0n) is 17.5. The van der Waals surface area contributed by atoms with Crippen LogP contribution in [-0.4, -0.2) is 35.7 Å². The standard InChI is InChI=1S/C23H29N5O.HI/c1-19-25-13-14-28(19)18-21-9-6-8-20(16-21)17-27-23(24-2)26-12-7-15-29-22-10-4-3-5-11-22;/h3-6,8-11,13-14,16H,7,12,15,17-18H2,1-2H3,(H2,24,26,27);1H. The van der Waals surface area contributed by atoms with Gasteiger partial charge in [0.1, 0.15) is 11.6 Å². The van der Waals surface area contributed by atoms with Crippen LogP contribution in [0, 0.1) is 6.92 Å². The third-order valence-corrected chi connectivity index (χ3v) is 4.58. The number of aromatic nitrogens is 2. The fraction of sp³-hybridized carbons (Fsp3) is 0.304. The number of imidazole rings is 1. The number of nitrogens with one attached hydrogen (secondary N) is 2. The predicted octanol–water partition coefficient (Wildman–Crippen LogP) is 3.99. The van der Waals surface area contributed by atoms with Crippen LogP contribution >= 0.6 is 24.0 Å². The normalized spacial score (nSPS) is 10.9. The number of rotatable bonds is 9. The molecule has 3 rings (SSSR count). The quantitative estimate of drug-likeness (QED) is 0.194. The zero-order valence-corrected chi connectivity index (χ0v) is 19.9. The summed E-state index contributed by atoms with van der Waals surface area (Å²) in [5, 5.41) is 6.70. The lowest BCUT2D eigenvalue weighted by Crippen LogP contribution is -2.37. The van der Waals surface area contributed by atoms with Crippen LogP contribution in [0.1, 0.15) is 23.4 Å². The van der Waals surface area contributed by atoms with Gasteiger partial charge in [0.2, 0.25) is 0 Å². The van der Waals surface area contributed by atoms with Crippen molar-refractivity contribution in [2.24, 2.45) is 4.99 Å². The van der Waals surface area contributed by atoms with Gasteiger partial charge in [0, 0.05) is 39.1 Å². The summed E-state index contributed by atoms with van der Waals surface area (Å²) in [7, 11) is 1.79. The molecule has 30 heavy (non-hydrogen) atoms. The van der Waals surface area contributed by atoms with Crippen molar-refractivity contribution >= 4 is 29.9 Å². The first-order chi connectivity index (χ1) is 14.2. The molecule has 6 nitrogen and oxygen atoms in total. The monoisotopic (exact) mass is 519 g/mol. The molecule has 1 heterocycles. The van der Waals surface area contributed by atoms with E-state index in [9.17, 15) is 0 Å². The van der Waals surface area contributed by atoms with E-state index in [-0.39, 0.29) is 24.0 Å². The number of ether oxygens (including phenoxy) is 1. The first-order valence-electron chi connectivity index (χ1n) is 9.92. The Morgan fingerprint density at radius 2 is 1.87 bits per heavy atom. The van der Waals surface area contributed by atoms with Crippen LogP contribution in [0.3, 0.4) is 0 Å². The van der Waals surface area contributed by atoms with Crippen LogP contribution in [0.2, 0.25) is 0 Å². The molecule has 2 N–H and O–H groups in total. The molecule has 0 aliphatic carbocycles. The number of guanidine groups is 1. The van der Waals surface area contributed by atoms with Gasteiger partial charge in [-0.05, 0) is 36.6 Å².